The Hall–Kier alpha value is -2.92. The van der Waals surface area contributed by atoms with E-state index in [1.54, 1.807) is 24.4 Å². The maximum absolute atomic E-state index is 12.5. The van der Waals surface area contributed by atoms with E-state index < -0.39 is 0 Å². The Morgan fingerprint density at radius 2 is 1.93 bits per heavy atom. The molecular formula is C21H21ClN4O. The number of hydrogen-bond donors (Lipinski definition) is 2. The fourth-order valence-electron chi connectivity index (χ4n) is 2.62. The lowest BCUT2D eigenvalue weighted by Gasteiger charge is -2.09. The van der Waals surface area contributed by atoms with E-state index in [0.29, 0.717) is 22.4 Å². The molecule has 0 fully saturated rings. The van der Waals surface area contributed by atoms with Crippen molar-refractivity contribution in [1.82, 2.24) is 9.97 Å². The van der Waals surface area contributed by atoms with Gasteiger partial charge in [0.15, 0.2) is 0 Å². The highest BCUT2D eigenvalue weighted by Crippen LogP contribution is 2.20. The van der Waals surface area contributed by atoms with E-state index in [4.69, 9.17) is 11.6 Å². The number of amides is 1. The Balaban J connectivity index is 1.56. The molecule has 3 rings (SSSR count). The van der Waals surface area contributed by atoms with Crippen molar-refractivity contribution in [1.29, 1.82) is 0 Å². The van der Waals surface area contributed by atoms with E-state index in [-0.39, 0.29) is 5.91 Å². The molecule has 0 radical (unpaired) electrons. The van der Waals surface area contributed by atoms with Crippen molar-refractivity contribution in [3.8, 4) is 0 Å². The molecule has 0 saturated carbocycles. The first kappa shape index (κ1) is 18.9. The maximum Gasteiger partial charge on any atom is 0.274 e. The number of carbonyl (C=O) groups is 1. The molecule has 138 valence electrons. The van der Waals surface area contributed by atoms with Crippen LogP contribution in [0.5, 0.6) is 0 Å². The van der Waals surface area contributed by atoms with Crippen molar-refractivity contribution >= 4 is 29.1 Å². The number of hydrogen-bond acceptors (Lipinski definition) is 4. The van der Waals surface area contributed by atoms with Crippen LogP contribution in [0.2, 0.25) is 5.02 Å². The van der Waals surface area contributed by atoms with Crippen LogP contribution in [0.15, 0.2) is 60.8 Å². The predicted molar refractivity (Wildman–Crippen MR) is 109 cm³/mol. The van der Waals surface area contributed by atoms with Crippen molar-refractivity contribution in [3.63, 3.8) is 0 Å². The van der Waals surface area contributed by atoms with E-state index >= 15 is 0 Å². The second-order valence-corrected chi connectivity index (χ2v) is 6.63. The lowest BCUT2D eigenvalue weighted by atomic mass is 10.1. The molecule has 5 nitrogen and oxygen atoms in total. The van der Waals surface area contributed by atoms with Crippen LogP contribution >= 0.6 is 11.6 Å². The largest absolute Gasteiger partial charge is 0.354 e. The molecule has 1 amide bonds. The minimum atomic E-state index is -0.296. The highest BCUT2D eigenvalue weighted by atomic mass is 35.5. The summed E-state index contributed by atoms with van der Waals surface area (Å²) in [4.78, 5) is 21.0. The number of aryl methyl sites for hydroxylation is 2. The lowest BCUT2D eigenvalue weighted by Crippen LogP contribution is -2.16. The number of carbonyl (C=O) groups excluding carboxylic acids is 1. The van der Waals surface area contributed by atoms with Gasteiger partial charge in [-0.05, 0) is 49.1 Å². The Morgan fingerprint density at radius 3 is 2.74 bits per heavy atom. The van der Waals surface area contributed by atoms with Gasteiger partial charge in [0.25, 0.3) is 5.91 Å². The highest BCUT2D eigenvalue weighted by Gasteiger charge is 2.11. The molecule has 6 heteroatoms. The SMILES string of the molecule is Cc1ccc(Cl)cc1NC(=O)c1ccnc(NCCCc2ccccc2)n1. The molecule has 3 aromatic rings. The molecular weight excluding hydrogens is 360 g/mol. The zero-order chi connectivity index (χ0) is 19.1. The summed E-state index contributed by atoms with van der Waals surface area (Å²) in [6.45, 7) is 2.64. The molecule has 27 heavy (non-hydrogen) atoms. The highest BCUT2D eigenvalue weighted by molar-refractivity contribution is 6.31. The summed E-state index contributed by atoms with van der Waals surface area (Å²) in [6, 6.07) is 17.3. The minimum Gasteiger partial charge on any atom is -0.354 e. The molecule has 0 aliphatic rings. The van der Waals surface area contributed by atoms with Crippen LogP contribution in [-0.2, 0) is 6.42 Å². The third-order valence-corrected chi connectivity index (χ3v) is 4.34. The summed E-state index contributed by atoms with van der Waals surface area (Å²) in [5, 5.41) is 6.58. The topological polar surface area (TPSA) is 66.9 Å². The summed E-state index contributed by atoms with van der Waals surface area (Å²) >= 11 is 6.00. The molecule has 0 saturated heterocycles. The second-order valence-electron chi connectivity index (χ2n) is 6.19. The van der Waals surface area contributed by atoms with Crippen LogP contribution in [0.3, 0.4) is 0 Å². The van der Waals surface area contributed by atoms with Gasteiger partial charge in [0.2, 0.25) is 5.95 Å². The van der Waals surface area contributed by atoms with E-state index in [1.165, 1.54) is 5.56 Å². The van der Waals surface area contributed by atoms with Crippen LogP contribution in [0.4, 0.5) is 11.6 Å². The van der Waals surface area contributed by atoms with Gasteiger partial charge in [0.1, 0.15) is 5.69 Å². The van der Waals surface area contributed by atoms with Gasteiger partial charge in [0, 0.05) is 23.5 Å². The van der Waals surface area contributed by atoms with Gasteiger partial charge < -0.3 is 10.6 Å². The van der Waals surface area contributed by atoms with Crippen LogP contribution in [0.25, 0.3) is 0 Å². The van der Waals surface area contributed by atoms with Crippen LogP contribution in [0.1, 0.15) is 28.0 Å². The third kappa shape index (κ3) is 5.53. The van der Waals surface area contributed by atoms with E-state index in [0.717, 1.165) is 24.9 Å². The fourth-order valence-corrected chi connectivity index (χ4v) is 2.80. The third-order valence-electron chi connectivity index (χ3n) is 4.10. The quantitative estimate of drug-likeness (QED) is 0.581. The molecule has 1 heterocycles. The maximum atomic E-state index is 12.5. The molecule has 0 aliphatic carbocycles. The van der Waals surface area contributed by atoms with E-state index in [9.17, 15) is 4.79 Å². The average Bonchev–Trinajstić information content (AvgIpc) is 2.69. The van der Waals surface area contributed by atoms with Crippen molar-refractivity contribution in [2.45, 2.75) is 19.8 Å². The van der Waals surface area contributed by atoms with Gasteiger partial charge in [-0.1, -0.05) is 48.0 Å². The number of nitrogens with zero attached hydrogens (tertiary/aromatic N) is 2. The standard InChI is InChI=1S/C21H21ClN4O/c1-15-9-10-17(22)14-19(15)25-20(27)18-11-13-24-21(26-18)23-12-5-8-16-6-3-2-4-7-16/h2-4,6-7,9-11,13-14H,5,8,12H2,1H3,(H,25,27)(H,23,24,26). The Bertz CT molecular complexity index is 915. The summed E-state index contributed by atoms with van der Waals surface area (Å²) in [7, 11) is 0. The summed E-state index contributed by atoms with van der Waals surface area (Å²) in [5.74, 6) is 0.147. The number of aromatic nitrogens is 2. The summed E-state index contributed by atoms with van der Waals surface area (Å²) in [5.41, 5.74) is 3.20. The van der Waals surface area contributed by atoms with Gasteiger partial charge in [-0.3, -0.25) is 4.79 Å². The van der Waals surface area contributed by atoms with Gasteiger partial charge in [-0.15, -0.1) is 0 Å². The van der Waals surface area contributed by atoms with Gasteiger partial charge in [-0.25, -0.2) is 9.97 Å². The predicted octanol–water partition coefficient (Wildman–Crippen LogP) is 4.74. The molecule has 2 aromatic carbocycles. The second kappa shape index (κ2) is 9.14. The van der Waals surface area contributed by atoms with Crippen molar-refractivity contribution in [3.05, 3.63) is 82.6 Å². The first-order valence-corrected chi connectivity index (χ1v) is 9.18. The van der Waals surface area contributed by atoms with Crippen LogP contribution in [0, 0.1) is 6.92 Å². The number of anilines is 2. The number of benzene rings is 2. The van der Waals surface area contributed by atoms with Crippen LogP contribution < -0.4 is 10.6 Å². The van der Waals surface area contributed by atoms with Crippen LogP contribution in [-0.4, -0.2) is 22.4 Å². The number of rotatable bonds is 7. The first-order valence-electron chi connectivity index (χ1n) is 8.80. The Kier molecular flexibility index (Phi) is 6.39. The number of nitrogens with one attached hydrogen (secondary N) is 2. The monoisotopic (exact) mass is 380 g/mol. The first-order chi connectivity index (χ1) is 13.1. The lowest BCUT2D eigenvalue weighted by molar-refractivity contribution is 0.102. The van der Waals surface area contributed by atoms with Crippen molar-refractivity contribution in [2.75, 3.05) is 17.2 Å². The molecule has 0 bridgehead atoms. The van der Waals surface area contributed by atoms with Crippen molar-refractivity contribution < 1.29 is 4.79 Å². The fraction of sp³-hybridized carbons (Fsp3) is 0.190. The Labute approximate surface area is 163 Å². The zero-order valence-corrected chi connectivity index (χ0v) is 15.8. The minimum absolute atomic E-state index is 0.296. The molecule has 2 N–H and O–H groups in total. The van der Waals surface area contributed by atoms with E-state index in [1.807, 2.05) is 31.2 Å². The smallest absolute Gasteiger partial charge is 0.274 e. The normalized spacial score (nSPS) is 10.4. The molecule has 0 unspecified atom stereocenters. The summed E-state index contributed by atoms with van der Waals surface area (Å²) in [6.07, 6.45) is 3.50. The molecule has 1 aromatic heterocycles. The zero-order valence-electron chi connectivity index (χ0n) is 15.1. The van der Waals surface area contributed by atoms with Crippen molar-refractivity contribution in [2.24, 2.45) is 0 Å². The van der Waals surface area contributed by atoms with Gasteiger partial charge in [-0.2, -0.15) is 0 Å². The molecule has 0 aliphatic heterocycles. The van der Waals surface area contributed by atoms with Gasteiger partial charge in [0.05, 0.1) is 0 Å². The van der Waals surface area contributed by atoms with Gasteiger partial charge >= 0.3 is 0 Å². The average molecular weight is 381 g/mol. The molecule has 0 spiro atoms. The summed E-state index contributed by atoms with van der Waals surface area (Å²) < 4.78 is 0. The molecule has 0 atom stereocenters. The van der Waals surface area contributed by atoms with E-state index in [2.05, 4.69) is 32.7 Å². The number of halogens is 1. The Morgan fingerprint density at radius 1 is 1.11 bits per heavy atom.